The van der Waals surface area contributed by atoms with E-state index < -0.39 is 0 Å². The molecule has 9 aromatic rings. The molecule has 0 bridgehead atoms. The molecule has 266 valence electrons. The number of hydrogen-bond acceptors (Lipinski definition) is 6. The van der Waals surface area contributed by atoms with Crippen molar-refractivity contribution in [3.05, 3.63) is 206 Å². The number of hydrogen-bond donors (Lipinski definition) is 0. The quantitative estimate of drug-likeness (QED) is 0.138. The first-order valence-electron chi connectivity index (χ1n) is 18.4. The lowest BCUT2D eigenvalue weighted by molar-refractivity contribution is 1.01. The summed E-state index contributed by atoms with van der Waals surface area (Å²) in [6.07, 6.45) is 3.79. The Kier molecular flexibility index (Phi) is 9.15. The Labute approximate surface area is 325 Å². The van der Waals surface area contributed by atoms with Gasteiger partial charge in [-0.05, 0) is 36.8 Å². The number of benzene rings is 6. The van der Waals surface area contributed by atoms with Gasteiger partial charge in [-0.15, -0.1) is 0 Å². The third kappa shape index (κ3) is 6.58. The van der Waals surface area contributed by atoms with E-state index in [0.717, 1.165) is 61.2 Å². The van der Waals surface area contributed by atoms with E-state index in [4.69, 9.17) is 29.9 Å². The fourth-order valence-corrected chi connectivity index (χ4v) is 6.99. The van der Waals surface area contributed by atoms with Gasteiger partial charge in [-0.1, -0.05) is 164 Å². The van der Waals surface area contributed by atoms with Crippen molar-refractivity contribution in [2.75, 3.05) is 0 Å². The number of rotatable bonds is 9. The molecule has 0 spiro atoms. The standard InChI is InChI=1S/C49H35N7/c1-3-18-41(43-33(2)40-27-16-17-28-42(40)56(43)39-25-14-7-15-26-39)49-54-46(36-23-12-6-13-24-36)53-48(55-49)38-31-29-37(30-32-38)47-51-44(34-19-8-4-9-20-34)50-45(52-47)35-21-10-5-11-22-35/h3-32H,1H2,2H3/b41-18+. The van der Waals surface area contributed by atoms with Crippen LogP contribution in [0.15, 0.2) is 189 Å². The van der Waals surface area contributed by atoms with Crippen molar-refractivity contribution in [2.24, 2.45) is 0 Å². The number of aryl methyl sites for hydroxylation is 1. The van der Waals surface area contributed by atoms with Gasteiger partial charge < -0.3 is 4.57 Å². The van der Waals surface area contributed by atoms with Crippen molar-refractivity contribution in [2.45, 2.75) is 6.92 Å². The molecule has 9 rings (SSSR count). The Morgan fingerprint density at radius 1 is 0.446 bits per heavy atom. The van der Waals surface area contributed by atoms with Crippen molar-refractivity contribution < 1.29 is 0 Å². The molecule has 0 radical (unpaired) electrons. The molecular weight excluding hydrogens is 687 g/mol. The van der Waals surface area contributed by atoms with Gasteiger partial charge in [-0.25, -0.2) is 29.9 Å². The number of aromatic nitrogens is 7. The van der Waals surface area contributed by atoms with E-state index in [1.54, 1.807) is 6.08 Å². The molecule has 6 aromatic carbocycles. The molecule has 0 saturated heterocycles. The highest BCUT2D eigenvalue weighted by atomic mass is 15.1. The number of para-hydroxylation sites is 2. The summed E-state index contributed by atoms with van der Waals surface area (Å²) < 4.78 is 2.28. The Morgan fingerprint density at radius 2 is 0.821 bits per heavy atom. The van der Waals surface area contributed by atoms with Crippen LogP contribution in [0.5, 0.6) is 0 Å². The second-order valence-electron chi connectivity index (χ2n) is 13.3. The fraction of sp³-hybridized carbons (Fsp3) is 0.0204. The van der Waals surface area contributed by atoms with Crippen LogP contribution < -0.4 is 0 Å². The van der Waals surface area contributed by atoms with Gasteiger partial charge in [0, 0.05) is 44.5 Å². The summed E-state index contributed by atoms with van der Waals surface area (Å²) in [5, 5.41) is 1.15. The molecule has 0 aliphatic carbocycles. The van der Waals surface area contributed by atoms with Crippen molar-refractivity contribution >= 4 is 16.5 Å². The predicted molar refractivity (Wildman–Crippen MR) is 226 cm³/mol. The molecule has 0 aliphatic rings. The van der Waals surface area contributed by atoms with E-state index in [2.05, 4.69) is 66.6 Å². The van der Waals surface area contributed by atoms with E-state index in [1.807, 2.05) is 127 Å². The van der Waals surface area contributed by atoms with Gasteiger partial charge in [0.1, 0.15) is 0 Å². The van der Waals surface area contributed by atoms with E-state index in [0.29, 0.717) is 34.9 Å². The summed E-state index contributed by atoms with van der Waals surface area (Å²) in [6.45, 7) is 6.27. The minimum atomic E-state index is 0.540. The van der Waals surface area contributed by atoms with Gasteiger partial charge in [-0.2, -0.15) is 0 Å². The third-order valence-electron chi connectivity index (χ3n) is 9.69. The van der Waals surface area contributed by atoms with Crippen LogP contribution in [0.25, 0.3) is 79.1 Å². The Morgan fingerprint density at radius 3 is 1.27 bits per heavy atom. The summed E-state index contributed by atoms with van der Waals surface area (Å²) in [7, 11) is 0. The summed E-state index contributed by atoms with van der Waals surface area (Å²) in [5.41, 5.74) is 9.47. The smallest absolute Gasteiger partial charge is 0.166 e. The van der Waals surface area contributed by atoms with E-state index in [9.17, 15) is 0 Å². The maximum atomic E-state index is 5.19. The van der Waals surface area contributed by atoms with Crippen LogP contribution in [-0.4, -0.2) is 34.5 Å². The molecule has 0 atom stereocenters. The van der Waals surface area contributed by atoms with Crippen LogP contribution in [0.4, 0.5) is 0 Å². The van der Waals surface area contributed by atoms with Gasteiger partial charge in [-0.3, -0.25) is 0 Å². The average Bonchev–Trinajstić information content (AvgIpc) is 3.57. The van der Waals surface area contributed by atoms with E-state index in [-0.39, 0.29) is 0 Å². The fourth-order valence-electron chi connectivity index (χ4n) is 6.99. The zero-order valence-corrected chi connectivity index (χ0v) is 30.7. The highest BCUT2D eigenvalue weighted by Crippen LogP contribution is 2.37. The number of nitrogens with zero attached hydrogens (tertiary/aromatic N) is 7. The summed E-state index contributed by atoms with van der Waals surface area (Å²) in [6, 6.07) is 56.9. The lowest BCUT2D eigenvalue weighted by atomic mass is 10.0. The molecule has 0 saturated carbocycles. The summed E-state index contributed by atoms with van der Waals surface area (Å²) in [4.78, 5) is 30.1. The Bertz CT molecular complexity index is 2790. The van der Waals surface area contributed by atoms with Gasteiger partial charge in [0.2, 0.25) is 0 Å². The Hall–Kier alpha value is -7.64. The van der Waals surface area contributed by atoms with E-state index in [1.165, 1.54) is 0 Å². The topological polar surface area (TPSA) is 82.3 Å². The maximum absolute atomic E-state index is 5.19. The van der Waals surface area contributed by atoms with Crippen LogP contribution in [0, 0.1) is 6.92 Å². The normalized spacial score (nSPS) is 11.5. The summed E-state index contributed by atoms with van der Waals surface area (Å²) in [5.74, 6) is 3.45. The number of allylic oxidation sites excluding steroid dienone is 2. The van der Waals surface area contributed by atoms with E-state index >= 15 is 0 Å². The van der Waals surface area contributed by atoms with Crippen LogP contribution in [0.2, 0.25) is 0 Å². The van der Waals surface area contributed by atoms with Crippen LogP contribution in [-0.2, 0) is 0 Å². The molecule has 0 amide bonds. The molecule has 56 heavy (non-hydrogen) atoms. The number of fused-ring (bicyclic) bond motifs is 1. The molecule has 7 nitrogen and oxygen atoms in total. The predicted octanol–water partition coefficient (Wildman–Crippen LogP) is 11.3. The SMILES string of the molecule is C=C/C=C(/c1nc(-c2ccccc2)nc(-c2ccc(-c3nc(-c4ccccc4)nc(-c4ccccc4)n3)cc2)n1)c1c(C)c2ccccc2n1-c1ccccc1. The molecule has 0 fully saturated rings. The third-order valence-corrected chi connectivity index (χ3v) is 9.69. The lowest BCUT2D eigenvalue weighted by Crippen LogP contribution is -2.07. The Balaban J connectivity index is 1.19. The highest BCUT2D eigenvalue weighted by molar-refractivity contribution is 5.94. The van der Waals surface area contributed by atoms with Gasteiger partial charge in [0.25, 0.3) is 0 Å². The largest absolute Gasteiger partial charge is 0.309 e. The molecule has 0 unspecified atom stereocenters. The second-order valence-corrected chi connectivity index (χ2v) is 13.3. The minimum absolute atomic E-state index is 0.540. The van der Waals surface area contributed by atoms with Gasteiger partial charge in [0.15, 0.2) is 34.9 Å². The van der Waals surface area contributed by atoms with Crippen LogP contribution in [0.3, 0.4) is 0 Å². The maximum Gasteiger partial charge on any atom is 0.166 e. The molecule has 3 heterocycles. The second kappa shape index (κ2) is 15.0. The first-order valence-corrected chi connectivity index (χ1v) is 18.4. The zero-order valence-electron chi connectivity index (χ0n) is 30.7. The first-order chi connectivity index (χ1) is 27.6. The lowest BCUT2D eigenvalue weighted by Gasteiger charge is -2.16. The average molecular weight is 722 g/mol. The molecular formula is C49H35N7. The zero-order chi connectivity index (χ0) is 37.8. The van der Waals surface area contributed by atoms with Gasteiger partial charge in [0.05, 0.1) is 11.2 Å². The molecule has 3 aromatic heterocycles. The summed E-state index contributed by atoms with van der Waals surface area (Å²) >= 11 is 0. The van der Waals surface area contributed by atoms with Crippen molar-refractivity contribution in [1.82, 2.24) is 34.5 Å². The molecule has 0 aliphatic heterocycles. The first kappa shape index (κ1) is 34.1. The molecule has 0 N–H and O–H groups in total. The van der Waals surface area contributed by atoms with Crippen molar-refractivity contribution in [3.63, 3.8) is 0 Å². The van der Waals surface area contributed by atoms with Gasteiger partial charge >= 0.3 is 0 Å². The van der Waals surface area contributed by atoms with Crippen molar-refractivity contribution in [3.8, 4) is 62.6 Å². The van der Waals surface area contributed by atoms with Crippen molar-refractivity contribution in [1.29, 1.82) is 0 Å². The van der Waals surface area contributed by atoms with Crippen LogP contribution in [0.1, 0.15) is 17.1 Å². The molecule has 7 heteroatoms. The minimum Gasteiger partial charge on any atom is -0.309 e. The highest BCUT2D eigenvalue weighted by Gasteiger charge is 2.23. The van der Waals surface area contributed by atoms with Crippen LogP contribution >= 0.6 is 0 Å². The monoisotopic (exact) mass is 721 g/mol.